The van der Waals surface area contributed by atoms with Crippen molar-refractivity contribution in [2.24, 2.45) is 4.99 Å². The molecular weight excluding hydrogens is 238 g/mol. The first-order valence-electron chi connectivity index (χ1n) is 6.32. The molecule has 3 nitrogen and oxygen atoms in total. The van der Waals surface area contributed by atoms with E-state index in [9.17, 15) is 0 Å². The Hall–Kier alpha value is -2.13. The lowest BCUT2D eigenvalue weighted by atomic mass is 10.1. The molecule has 1 atom stereocenters. The number of aliphatic hydroxyl groups excluding tert-OH is 1. The number of hydrogen-bond donors (Lipinski definition) is 1. The summed E-state index contributed by atoms with van der Waals surface area (Å²) in [6.45, 7) is 0.640. The third kappa shape index (κ3) is 2.51. The summed E-state index contributed by atoms with van der Waals surface area (Å²) in [6, 6.07) is 17.9. The molecule has 1 aliphatic rings. The maximum atomic E-state index is 9.02. The van der Waals surface area contributed by atoms with Crippen LogP contribution < -0.4 is 0 Å². The zero-order chi connectivity index (χ0) is 13.1. The van der Waals surface area contributed by atoms with Crippen LogP contribution in [0.25, 0.3) is 0 Å². The first-order chi connectivity index (χ1) is 9.36. The monoisotopic (exact) mass is 253 g/mol. The van der Waals surface area contributed by atoms with Gasteiger partial charge in [-0.3, -0.25) is 0 Å². The first-order valence-corrected chi connectivity index (χ1v) is 6.32. The third-order valence-corrected chi connectivity index (χ3v) is 3.22. The van der Waals surface area contributed by atoms with E-state index < -0.39 is 0 Å². The summed E-state index contributed by atoms with van der Waals surface area (Å²) in [5.74, 6) is 0.679. The average molecular weight is 253 g/mol. The smallest absolute Gasteiger partial charge is 0.216 e. The predicted octanol–water partition coefficient (Wildman–Crippen LogP) is 2.70. The number of ether oxygens (including phenoxy) is 1. The Kier molecular flexibility index (Phi) is 3.29. The highest BCUT2D eigenvalue weighted by Gasteiger charge is 2.21. The Morgan fingerprint density at radius 2 is 1.79 bits per heavy atom. The maximum Gasteiger partial charge on any atom is 0.216 e. The predicted molar refractivity (Wildman–Crippen MR) is 74.0 cm³/mol. The summed E-state index contributed by atoms with van der Waals surface area (Å²) >= 11 is 0. The Balaban J connectivity index is 1.82. The van der Waals surface area contributed by atoms with Crippen LogP contribution in [0.5, 0.6) is 0 Å². The van der Waals surface area contributed by atoms with Crippen LogP contribution in [0.15, 0.2) is 59.6 Å². The summed E-state index contributed by atoms with van der Waals surface area (Å²) in [6.07, 6.45) is 0. The standard InChI is InChI=1S/C16H15NO2/c18-10-12-6-8-14(9-7-12)16-17-15(11-19-16)13-4-2-1-3-5-13/h1-9,15,18H,10-11H2/t15-/m0/s1. The third-order valence-electron chi connectivity index (χ3n) is 3.22. The molecule has 2 aromatic rings. The fourth-order valence-corrected chi connectivity index (χ4v) is 2.13. The lowest BCUT2D eigenvalue weighted by Gasteiger charge is -2.03. The molecule has 1 heterocycles. The largest absolute Gasteiger partial charge is 0.475 e. The second kappa shape index (κ2) is 5.24. The number of rotatable bonds is 3. The molecule has 3 heteroatoms. The fourth-order valence-electron chi connectivity index (χ4n) is 2.13. The molecule has 0 saturated heterocycles. The SMILES string of the molecule is OCc1ccc(C2=N[C@H](c3ccccc3)CO2)cc1. The van der Waals surface area contributed by atoms with E-state index in [0.29, 0.717) is 12.5 Å². The Labute approximate surface area is 112 Å². The minimum absolute atomic E-state index is 0.0558. The van der Waals surface area contributed by atoms with Gasteiger partial charge in [-0.1, -0.05) is 42.5 Å². The quantitative estimate of drug-likeness (QED) is 0.913. The molecule has 2 aromatic carbocycles. The van der Waals surface area contributed by atoms with Crippen LogP contribution in [0.2, 0.25) is 0 Å². The molecular formula is C16H15NO2. The van der Waals surface area contributed by atoms with Crippen molar-refractivity contribution >= 4 is 5.90 Å². The average Bonchev–Trinajstić information content (AvgIpc) is 2.98. The van der Waals surface area contributed by atoms with Crippen molar-refractivity contribution in [3.05, 3.63) is 71.3 Å². The molecule has 0 radical (unpaired) electrons. The van der Waals surface area contributed by atoms with Crippen molar-refractivity contribution in [2.75, 3.05) is 6.61 Å². The molecule has 0 aromatic heterocycles. The number of nitrogens with zero attached hydrogens (tertiary/aromatic N) is 1. The van der Waals surface area contributed by atoms with Gasteiger partial charge in [-0.15, -0.1) is 0 Å². The van der Waals surface area contributed by atoms with Gasteiger partial charge in [-0.2, -0.15) is 0 Å². The minimum atomic E-state index is 0.0558. The number of aliphatic imine (C=N–C) groups is 1. The van der Waals surface area contributed by atoms with Gasteiger partial charge in [0.05, 0.1) is 6.61 Å². The Morgan fingerprint density at radius 1 is 1.05 bits per heavy atom. The van der Waals surface area contributed by atoms with E-state index in [1.165, 1.54) is 5.56 Å². The normalized spacial score (nSPS) is 17.9. The van der Waals surface area contributed by atoms with E-state index >= 15 is 0 Å². The van der Waals surface area contributed by atoms with Gasteiger partial charge >= 0.3 is 0 Å². The highest BCUT2D eigenvalue weighted by molar-refractivity contribution is 5.95. The van der Waals surface area contributed by atoms with Crippen LogP contribution in [-0.2, 0) is 11.3 Å². The summed E-state index contributed by atoms with van der Waals surface area (Å²) in [5.41, 5.74) is 3.02. The van der Waals surface area contributed by atoms with Crippen molar-refractivity contribution in [3.8, 4) is 0 Å². The second-order valence-corrected chi connectivity index (χ2v) is 4.53. The van der Waals surface area contributed by atoms with E-state index in [2.05, 4.69) is 17.1 Å². The van der Waals surface area contributed by atoms with Crippen molar-refractivity contribution in [1.29, 1.82) is 0 Å². The molecule has 0 aliphatic carbocycles. The van der Waals surface area contributed by atoms with Gasteiger partial charge in [0.25, 0.3) is 0 Å². The van der Waals surface area contributed by atoms with Crippen LogP contribution in [0.4, 0.5) is 0 Å². The minimum Gasteiger partial charge on any atom is -0.475 e. The van der Waals surface area contributed by atoms with Crippen molar-refractivity contribution in [3.63, 3.8) is 0 Å². The molecule has 0 bridgehead atoms. The van der Waals surface area contributed by atoms with Gasteiger partial charge in [0.15, 0.2) is 0 Å². The fraction of sp³-hybridized carbons (Fsp3) is 0.188. The highest BCUT2D eigenvalue weighted by Crippen LogP contribution is 2.24. The molecule has 96 valence electrons. The zero-order valence-electron chi connectivity index (χ0n) is 10.5. The van der Waals surface area contributed by atoms with E-state index in [4.69, 9.17) is 9.84 Å². The molecule has 3 rings (SSSR count). The molecule has 0 saturated carbocycles. The van der Waals surface area contributed by atoms with Crippen molar-refractivity contribution in [2.45, 2.75) is 12.6 Å². The lowest BCUT2D eigenvalue weighted by Crippen LogP contribution is -2.01. The maximum absolute atomic E-state index is 9.02. The topological polar surface area (TPSA) is 41.8 Å². The molecule has 0 amide bonds. The molecule has 1 aliphatic heterocycles. The van der Waals surface area contributed by atoms with Gasteiger partial charge < -0.3 is 9.84 Å². The van der Waals surface area contributed by atoms with E-state index in [-0.39, 0.29) is 12.6 Å². The van der Waals surface area contributed by atoms with Crippen LogP contribution in [0.3, 0.4) is 0 Å². The molecule has 0 fully saturated rings. The van der Waals surface area contributed by atoms with Crippen LogP contribution in [-0.4, -0.2) is 17.6 Å². The Morgan fingerprint density at radius 3 is 2.47 bits per heavy atom. The number of benzene rings is 2. The second-order valence-electron chi connectivity index (χ2n) is 4.53. The van der Waals surface area contributed by atoms with Gasteiger partial charge in [-0.05, 0) is 23.3 Å². The van der Waals surface area contributed by atoms with Crippen LogP contribution in [0, 0.1) is 0 Å². The molecule has 0 unspecified atom stereocenters. The van der Waals surface area contributed by atoms with Crippen molar-refractivity contribution < 1.29 is 9.84 Å². The van der Waals surface area contributed by atoms with E-state index in [1.807, 2.05) is 42.5 Å². The van der Waals surface area contributed by atoms with Crippen LogP contribution >= 0.6 is 0 Å². The highest BCUT2D eigenvalue weighted by atomic mass is 16.5. The van der Waals surface area contributed by atoms with Crippen LogP contribution in [0.1, 0.15) is 22.7 Å². The van der Waals surface area contributed by atoms with Gasteiger partial charge in [0.1, 0.15) is 12.6 Å². The summed E-state index contributed by atoms with van der Waals surface area (Å²) in [7, 11) is 0. The van der Waals surface area contributed by atoms with Gasteiger partial charge in [0.2, 0.25) is 5.90 Å². The zero-order valence-corrected chi connectivity index (χ0v) is 10.5. The number of aliphatic hydroxyl groups is 1. The molecule has 0 spiro atoms. The summed E-state index contributed by atoms with van der Waals surface area (Å²) in [4.78, 5) is 4.62. The number of hydrogen-bond acceptors (Lipinski definition) is 3. The molecule has 1 N–H and O–H groups in total. The summed E-state index contributed by atoms with van der Waals surface area (Å²) < 4.78 is 5.67. The van der Waals surface area contributed by atoms with E-state index in [0.717, 1.165) is 11.1 Å². The lowest BCUT2D eigenvalue weighted by molar-refractivity contribution is 0.282. The first kappa shape index (κ1) is 11.9. The van der Waals surface area contributed by atoms with Gasteiger partial charge in [0, 0.05) is 5.56 Å². The Bertz CT molecular complexity index is 575. The summed E-state index contributed by atoms with van der Waals surface area (Å²) in [5, 5.41) is 9.02. The molecule has 19 heavy (non-hydrogen) atoms. The van der Waals surface area contributed by atoms with Crippen molar-refractivity contribution in [1.82, 2.24) is 0 Å². The van der Waals surface area contributed by atoms with Gasteiger partial charge in [-0.25, -0.2) is 4.99 Å². The van der Waals surface area contributed by atoms with E-state index in [1.54, 1.807) is 0 Å².